The number of hydrogen-bond acceptors (Lipinski definition) is 2. The molecule has 0 amide bonds. The summed E-state index contributed by atoms with van der Waals surface area (Å²) in [4.78, 5) is 4.20. The lowest BCUT2D eigenvalue weighted by atomic mass is 10.1. The van der Waals surface area contributed by atoms with Crippen molar-refractivity contribution in [2.75, 3.05) is 33.4 Å². The van der Waals surface area contributed by atoms with Crippen LogP contribution in [0.3, 0.4) is 0 Å². The summed E-state index contributed by atoms with van der Waals surface area (Å²) in [6.07, 6.45) is 2.34. The minimum absolute atomic E-state index is 0. The van der Waals surface area contributed by atoms with Gasteiger partial charge in [-0.1, -0.05) is 13.8 Å². The molecule has 0 aliphatic carbocycles. The lowest BCUT2D eigenvalue weighted by Gasteiger charge is -2.14. The molecular weight excluding hydrogens is 329 g/mol. The Morgan fingerprint density at radius 1 is 1.41 bits per heavy atom. The molecule has 0 spiro atoms. The monoisotopic (exact) mass is 355 g/mol. The predicted molar refractivity (Wildman–Crippen MR) is 83.2 cm³/mol. The van der Waals surface area contributed by atoms with Crippen LogP contribution in [0.25, 0.3) is 0 Å². The summed E-state index contributed by atoms with van der Waals surface area (Å²) in [5.74, 6) is 2.28. The molecule has 1 rings (SSSR count). The summed E-state index contributed by atoms with van der Waals surface area (Å²) in [5, 5.41) is 6.67. The van der Waals surface area contributed by atoms with E-state index in [4.69, 9.17) is 4.74 Å². The highest BCUT2D eigenvalue weighted by Crippen LogP contribution is 2.10. The first-order chi connectivity index (χ1) is 7.72. The molecule has 1 unspecified atom stereocenters. The van der Waals surface area contributed by atoms with Crippen LogP contribution in [-0.2, 0) is 4.74 Å². The molecule has 1 saturated heterocycles. The summed E-state index contributed by atoms with van der Waals surface area (Å²) in [7, 11) is 1.82. The Morgan fingerprint density at radius 3 is 2.71 bits per heavy atom. The highest BCUT2D eigenvalue weighted by Gasteiger charge is 2.15. The molecule has 0 aromatic carbocycles. The van der Waals surface area contributed by atoms with Crippen molar-refractivity contribution in [1.29, 1.82) is 0 Å². The Bertz CT molecular complexity index is 216. The maximum absolute atomic E-state index is 5.34. The molecule has 0 aromatic rings. The van der Waals surface area contributed by atoms with Crippen LogP contribution in [0, 0.1) is 11.8 Å². The molecule has 4 nitrogen and oxygen atoms in total. The van der Waals surface area contributed by atoms with E-state index in [1.165, 1.54) is 6.42 Å². The fourth-order valence-corrected chi connectivity index (χ4v) is 1.69. The van der Waals surface area contributed by atoms with Crippen LogP contribution in [0.4, 0.5) is 0 Å². The molecule has 1 aliphatic heterocycles. The number of nitrogens with one attached hydrogen (secondary N) is 2. The molecule has 17 heavy (non-hydrogen) atoms. The Balaban J connectivity index is 0.00000256. The number of hydrogen-bond donors (Lipinski definition) is 2. The largest absolute Gasteiger partial charge is 0.381 e. The molecule has 0 radical (unpaired) electrons. The van der Waals surface area contributed by atoms with Crippen molar-refractivity contribution in [2.45, 2.75) is 26.7 Å². The third-order valence-corrected chi connectivity index (χ3v) is 2.82. The second kappa shape index (κ2) is 9.94. The summed E-state index contributed by atoms with van der Waals surface area (Å²) in [6, 6.07) is 0. The van der Waals surface area contributed by atoms with Crippen molar-refractivity contribution in [3.8, 4) is 0 Å². The first-order valence-electron chi connectivity index (χ1n) is 6.24. The van der Waals surface area contributed by atoms with Gasteiger partial charge in [-0.15, -0.1) is 24.0 Å². The number of aliphatic imine (C=N–C) groups is 1. The van der Waals surface area contributed by atoms with Crippen molar-refractivity contribution in [1.82, 2.24) is 10.6 Å². The van der Waals surface area contributed by atoms with Crippen LogP contribution in [0.15, 0.2) is 4.99 Å². The van der Waals surface area contributed by atoms with Gasteiger partial charge in [-0.2, -0.15) is 0 Å². The smallest absolute Gasteiger partial charge is 0.190 e. The quantitative estimate of drug-likeness (QED) is 0.450. The van der Waals surface area contributed by atoms with Crippen LogP contribution >= 0.6 is 24.0 Å². The molecular formula is C12H26IN3O. The predicted octanol–water partition coefficient (Wildman–Crippen LogP) is 1.85. The van der Waals surface area contributed by atoms with E-state index < -0.39 is 0 Å². The van der Waals surface area contributed by atoms with Gasteiger partial charge in [0.25, 0.3) is 0 Å². The SMILES string of the molecule is CN=C(NCCC(C)C)NCC1CCOC1.I. The highest BCUT2D eigenvalue weighted by molar-refractivity contribution is 14.0. The zero-order chi connectivity index (χ0) is 11.8. The third-order valence-electron chi connectivity index (χ3n) is 2.82. The van der Waals surface area contributed by atoms with Gasteiger partial charge < -0.3 is 15.4 Å². The van der Waals surface area contributed by atoms with Crippen LogP contribution in [0.2, 0.25) is 0 Å². The number of halogens is 1. The summed E-state index contributed by atoms with van der Waals surface area (Å²) >= 11 is 0. The van der Waals surface area contributed by atoms with Crippen molar-refractivity contribution in [2.24, 2.45) is 16.8 Å². The topological polar surface area (TPSA) is 45.7 Å². The van der Waals surface area contributed by atoms with Crippen molar-refractivity contribution >= 4 is 29.9 Å². The normalized spacial score (nSPS) is 20.2. The van der Waals surface area contributed by atoms with Crippen LogP contribution in [0.5, 0.6) is 0 Å². The average Bonchev–Trinajstić information content (AvgIpc) is 2.75. The number of rotatable bonds is 5. The lowest BCUT2D eigenvalue weighted by Crippen LogP contribution is -2.40. The molecule has 0 aromatic heterocycles. The zero-order valence-electron chi connectivity index (χ0n) is 11.2. The van der Waals surface area contributed by atoms with Crippen molar-refractivity contribution in [3.05, 3.63) is 0 Å². The second-order valence-electron chi connectivity index (χ2n) is 4.79. The van der Waals surface area contributed by atoms with E-state index >= 15 is 0 Å². The zero-order valence-corrected chi connectivity index (χ0v) is 13.5. The molecule has 1 heterocycles. The van der Waals surface area contributed by atoms with E-state index in [1.807, 2.05) is 7.05 Å². The van der Waals surface area contributed by atoms with Gasteiger partial charge in [-0.3, -0.25) is 4.99 Å². The molecule has 102 valence electrons. The van der Waals surface area contributed by atoms with Gasteiger partial charge in [0, 0.05) is 32.7 Å². The molecule has 2 N–H and O–H groups in total. The second-order valence-corrected chi connectivity index (χ2v) is 4.79. The number of ether oxygens (including phenoxy) is 1. The Labute approximate surface area is 122 Å². The first-order valence-corrected chi connectivity index (χ1v) is 6.24. The maximum Gasteiger partial charge on any atom is 0.190 e. The fraction of sp³-hybridized carbons (Fsp3) is 0.917. The summed E-state index contributed by atoms with van der Waals surface area (Å²) < 4.78 is 5.34. The third kappa shape index (κ3) is 7.81. The highest BCUT2D eigenvalue weighted by atomic mass is 127. The van der Waals surface area contributed by atoms with E-state index in [9.17, 15) is 0 Å². The van der Waals surface area contributed by atoms with E-state index in [0.717, 1.165) is 44.6 Å². The summed E-state index contributed by atoms with van der Waals surface area (Å²) in [6.45, 7) is 8.20. The first kappa shape index (κ1) is 17.0. The maximum atomic E-state index is 5.34. The average molecular weight is 355 g/mol. The minimum Gasteiger partial charge on any atom is -0.381 e. The Hall–Kier alpha value is -0.0400. The van der Waals surface area contributed by atoms with Crippen LogP contribution in [-0.4, -0.2) is 39.3 Å². The standard InChI is InChI=1S/C12H25N3O.HI/c1-10(2)4-6-14-12(13-3)15-8-11-5-7-16-9-11;/h10-11H,4-9H2,1-3H3,(H2,13,14,15);1H. The number of guanidine groups is 1. The molecule has 0 saturated carbocycles. The minimum atomic E-state index is 0. The van der Waals surface area contributed by atoms with Gasteiger partial charge in [0.05, 0.1) is 6.61 Å². The van der Waals surface area contributed by atoms with Crippen LogP contribution in [0.1, 0.15) is 26.7 Å². The molecule has 0 bridgehead atoms. The van der Waals surface area contributed by atoms with E-state index in [-0.39, 0.29) is 24.0 Å². The molecule has 1 atom stereocenters. The number of nitrogens with zero attached hydrogens (tertiary/aromatic N) is 1. The Kier molecular flexibility index (Phi) is 9.91. The van der Waals surface area contributed by atoms with E-state index in [0.29, 0.717) is 5.92 Å². The lowest BCUT2D eigenvalue weighted by molar-refractivity contribution is 0.186. The van der Waals surface area contributed by atoms with Gasteiger partial charge >= 0.3 is 0 Å². The molecule has 1 fully saturated rings. The molecule has 1 aliphatic rings. The van der Waals surface area contributed by atoms with E-state index in [1.54, 1.807) is 0 Å². The fourth-order valence-electron chi connectivity index (χ4n) is 1.69. The van der Waals surface area contributed by atoms with Gasteiger partial charge in [-0.25, -0.2) is 0 Å². The molecule has 5 heteroatoms. The van der Waals surface area contributed by atoms with Gasteiger partial charge in [0.1, 0.15) is 0 Å². The van der Waals surface area contributed by atoms with Gasteiger partial charge in [-0.05, 0) is 18.8 Å². The van der Waals surface area contributed by atoms with Gasteiger partial charge in [0.15, 0.2) is 5.96 Å². The van der Waals surface area contributed by atoms with Gasteiger partial charge in [0.2, 0.25) is 0 Å². The van der Waals surface area contributed by atoms with Crippen molar-refractivity contribution < 1.29 is 4.74 Å². The van der Waals surface area contributed by atoms with E-state index in [2.05, 4.69) is 29.5 Å². The van der Waals surface area contributed by atoms with Crippen LogP contribution < -0.4 is 10.6 Å². The Morgan fingerprint density at radius 2 is 2.18 bits per heavy atom. The summed E-state index contributed by atoms with van der Waals surface area (Å²) in [5.41, 5.74) is 0. The van der Waals surface area contributed by atoms with Crippen molar-refractivity contribution in [3.63, 3.8) is 0 Å².